The summed E-state index contributed by atoms with van der Waals surface area (Å²) in [4.78, 5) is 24.1. The normalized spacial score (nSPS) is 15.5. The molecule has 1 atom stereocenters. The number of nitrogens with two attached hydrogens (primary N) is 1. The number of fused-ring (bicyclic) bond motifs is 2. The number of nitrogens with zero attached hydrogens (tertiary/aromatic N) is 4. The van der Waals surface area contributed by atoms with Gasteiger partial charge in [0.1, 0.15) is 12.0 Å². The number of hydrogen-bond donors (Lipinski definition) is 2. The van der Waals surface area contributed by atoms with Crippen LogP contribution >= 0.6 is 0 Å². The number of aryl methyl sites for hydroxylation is 2. The second-order valence-corrected chi connectivity index (χ2v) is 8.84. The molecule has 1 aliphatic carbocycles. The van der Waals surface area contributed by atoms with Gasteiger partial charge >= 0.3 is 6.08 Å². The van der Waals surface area contributed by atoms with Crippen molar-refractivity contribution in [2.24, 2.45) is 5.92 Å². The molecule has 170 valence electrons. The van der Waals surface area contributed by atoms with Gasteiger partial charge in [-0.1, -0.05) is 26.0 Å². The van der Waals surface area contributed by atoms with Gasteiger partial charge < -0.3 is 15.6 Å². The summed E-state index contributed by atoms with van der Waals surface area (Å²) in [6, 6.07) is 3.95. The maximum absolute atomic E-state index is 14.3. The van der Waals surface area contributed by atoms with Crippen molar-refractivity contribution in [3.8, 4) is 0 Å². The van der Waals surface area contributed by atoms with E-state index in [0.29, 0.717) is 43.7 Å². The number of carbonyl (C=O) groups is 1. The molecule has 0 fully saturated rings. The van der Waals surface area contributed by atoms with Crippen molar-refractivity contribution in [3.05, 3.63) is 46.3 Å². The summed E-state index contributed by atoms with van der Waals surface area (Å²) in [6.07, 6.45) is 0.217. The molecular weight excluding hydrogens is 414 g/mol. The van der Waals surface area contributed by atoms with Gasteiger partial charge in [-0.25, -0.2) is 9.37 Å². The summed E-state index contributed by atoms with van der Waals surface area (Å²) in [5.41, 5.74) is 10.3. The summed E-state index contributed by atoms with van der Waals surface area (Å²) in [5.74, 6) is 0.783. The quantitative estimate of drug-likeness (QED) is 0.545. The molecule has 0 bridgehead atoms. The maximum atomic E-state index is 14.3. The topological polar surface area (TPSA) is 98.7 Å². The summed E-state index contributed by atoms with van der Waals surface area (Å²) in [5, 5.41) is 2.88. The third kappa shape index (κ3) is 4.42. The number of nitrogen functional groups attached to an aromatic ring is 1. The lowest BCUT2D eigenvalue weighted by molar-refractivity contribution is -0.121. The van der Waals surface area contributed by atoms with E-state index in [2.05, 4.69) is 20.3 Å². The van der Waals surface area contributed by atoms with Crippen LogP contribution in [0.15, 0.2) is 12.1 Å². The van der Waals surface area contributed by atoms with Gasteiger partial charge in [0.15, 0.2) is 17.0 Å². The molecule has 4 rings (SSSR count). The highest BCUT2D eigenvalue weighted by molar-refractivity contribution is 5.82. The molecule has 1 amide bonds. The first-order valence-electron chi connectivity index (χ1n) is 10.9. The third-order valence-electron chi connectivity index (χ3n) is 5.88. The van der Waals surface area contributed by atoms with Crippen LogP contribution in [0.3, 0.4) is 0 Å². The van der Waals surface area contributed by atoms with E-state index in [0.717, 1.165) is 28.7 Å². The van der Waals surface area contributed by atoms with E-state index in [9.17, 15) is 13.6 Å². The Bertz CT molecular complexity index is 1170. The highest BCUT2D eigenvalue weighted by Crippen LogP contribution is 2.36. The number of imidazole rings is 1. The smallest absolute Gasteiger partial charge is 0.312 e. The molecule has 0 saturated carbocycles. The number of benzene rings is 1. The van der Waals surface area contributed by atoms with Gasteiger partial charge in [-0.2, -0.15) is 14.4 Å². The Morgan fingerprint density at radius 3 is 2.84 bits per heavy atom. The van der Waals surface area contributed by atoms with Gasteiger partial charge in [-0.05, 0) is 47.9 Å². The fourth-order valence-corrected chi connectivity index (χ4v) is 4.30. The lowest BCUT2D eigenvalue weighted by atomic mass is 9.98. The number of aromatic nitrogens is 4. The van der Waals surface area contributed by atoms with Crippen molar-refractivity contribution in [2.45, 2.75) is 59.2 Å². The zero-order valence-electron chi connectivity index (χ0n) is 18.6. The predicted octanol–water partition coefficient (Wildman–Crippen LogP) is 3.57. The van der Waals surface area contributed by atoms with E-state index in [1.807, 2.05) is 32.9 Å². The van der Waals surface area contributed by atoms with Crippen LogP contribution in [-0.4, -0.2) is 32.0 Å². The van der Waals surface area contributed by atoms with E-state index in [1.165, 1.54) is 0 Å². The Morgan fingerprint density at radius 1 is 1.31 bits per heavy atom. The molecule has 9 heteroatoms. The minimum absolute atomic E-state index is 0.0363. The van der Waals surface area contributed by atoms with Crippen LogP contribution in [0.25, 0.3) is 11.2 Å². The second-order valence-electron chi connectivity index (χ2n) is 8.84. The minimum atomic E-state index is -0.949. The maximum Gasteiger partial charge on any atom is 0.312 e. The first-order valence-corrected chi connectivity index (χ1v) is 10.9. The van der Waals surface area contributed by atoms with Gasteiger partial charge in [-0.3, -0.25) is 4.79 Å². The number of nitrogens with one attached hydrogen (secondary N) is 1. The van der Waals surface area contributed by atoms with Crippen molar-refractivity contribution in [1.82, 2.24) is 24.8 Å². The van der Waals surface area contributed by atoms with Crippen LogP contribution in [0, 0.1) is 18.9 Å². The van der Waals surface area contributed by atoms with E-state index in [1.54, 1.807) is 4.57 Å². The zero-order valence-corrected chi connectivity index (χ0v) is 18.6. The number of carbonyl (C=O) groups excluding carboxylic acids is 1. The minimum Gasteiger partial charge on any atom is -0.382 e. The van der Waals surface area contributed by atoms with Crippen molar-refractivity contribution in [2.75, 3.05) is 12.3 Å². The Hall–Kier alpha value is -3.10. The number of rotatable bonds is 7. The van der Waals surface area contributed by atoms with Crippen LogP contribution in [0.5, 0.6) is 0 Å². The molecule has 7 nitrogen and oxygen atoms in total. The Balaban J connectivity index is 1.66. The third-order valence-corrected chi connectivity index (χ3v) is 5.88. The lowest BCUT2D eigenvalue weighted by Gasteiger charge is -2.13. The van der Waals surface area contributed by atoms with Gasteiger partial charge in [0.05, 0.1) is 0 Å². The van der Waals surface area contributed by atoms with E-state index >= 15 is 0 Å². The SMILES string of the molecule is Cc1cc2c(cc1Cc1nc3c(N)nc(F)nc3n1CCNC(=O)CC(C)C)C(F)CC2. The summed E-state index contributed by atoms with van der Waals surface area (Å²) in [7, 11) is 0. The molecule has 3 aromatic rings. The van der Waals surface area contributed by atoms with Crippen LogP contribution in [0.4, 0.5) is 14.6 Å². The van der Waals surface area contributed by atoms with Crippen molar-refractivity contribution in [1.29, 1.82) is 0 Å². The highest BCUT2D eigenvalue weighted by Gasteiger charge is 2.24. The molecule has 32 heavy (non-hydrogen) atoms. The van der Waals surface area contributed by atoms with Gasteiger partial charge in [-0.15, -0.1) is 0 Å². The second kappa shape index (κ2) is 8.80. The molecule has 3 N–H and O–H groups in total. The fraction of sp³-hybridized carbons (Fsp3) is 0.478. The molecule has 1 aromatic carbocycles. The van der Waals surface area contributed by atoms with Crippen molar-refractivity contribution >= 4 is 22.9 Å². The first kappa shape index (κ1) is 22.1. The number of anilines is 1. The molecule has 0 saturated heterocycles. The molecule has 0 radical (unpaired) electrons. The van der Waals surface area contributed by atoms with E-state index < -0.39 is 12.2 Å². The van der Waals surface area contributed by atoms with Crippen LogP contribution < -0.4 is 11.1 Å². The molecule has 2 aromatic heterocycles. The monoisotopic (exact) mass is 442 g/mol. The van der Waals surface area contributed by atoms with Crippen LogP contribution in [-0.2, 0) is 24.2 Å². The Morgan fingerprint density at radius 2 is 2.09 bits per heavy atom. The van der Waals surface area contributed by atoms with Crippen LogP contribution in [0.2, 0.25) is 0 Å². The largest absolute Gasteiger partial charge is 0.382 e. The zero-order chi connectivity index (χ0) is 23.0. The summed E-state index contributed by atoms with van der Waals surface area (Å²) in [6.45, 7) is 6.63. The van der Waals surface area contributed by atoms with Gasteiger partial charge in [0.25, 0.3) is 0 Å². The number of hydrogen-bond acceptors (Lipinski definition) is 5. The molecular formula is C23H28F2N6O. The predicted molar refractivity (Wildman–Crippen MR) is 118 cm³/mol. The van der Waals surface area contributed by atoms with Crippen LogP contribution in [0.1, 0.15) is 60.9 Å². The average Bonchev–Trinajstić information content (AvgIpc) is 3.23. The molecule has 1 aliphatic rings. The van der Waals surface area contributed by atoms with Crippen molar-refractivity contribution < 1.29 is 13.6 Å². The summed E-state index contributed by atoms with van der Waals surface area (Å²) < 4.78 is 30.0. The molecule has 1 unspecified atom stereocenters. The molecule has 0 aliphatic heterocycles. The molecule has 0 spiro atoms. The number of amides is 1. The lowest BCUT2D eigenvalue weighted by Crippen LogP contribution is -2.28. The van der Waals surface area contributed by atoms with Crippen molar-refractivity contribution in [3.63, 3.8) is 0 Å². The number of halogens is 2. The number of alkyl halides is 1. The summed E-state index contributed by atoms with van der Waals surface area (Å²) >= 11 is 0. The Kier molecular flexibility index (Phi) is 6.08. The average molecular weight is 443 g/mol. The van der Waals surface area contributed by atoms with Gasteiger partial charge in [0.2, 0.25) is 5.91 Å². The van der Waals surface area contributed by atoms with E-state index in [-0.39, 0.29) is 23.3 Å². The molecule has 2 heterocycles. The highest BCUT2D eigenvalue weighted by atomic mass is 19.1. The van der Waals surface area contributed by atoms with E-state index in [4.69, 9.17) is 5.73 Å². The van der Waals surface area contributed by atoms with Gasteiger partial charge in [0, 0.05) is 25.9 Å². The fourth-order valence-electron chi connectivity index (χ4n) is 4.30. The standard InChI is InChI=1S/C23H28F2N6O/c1-12(2)8-19(32)27-6-7-31-18(28-20-21(26)29-23(25)30-22(20)31)11-15-10-16-14(9-13(15)3)4-5-17(16)24/h9-10,12,17H,4-8,11H2,1-3H3,(H,27,32)(H2,26,29,30). The first-order chi connectivity index (χ1) is 15.2. The Labute approximate surface area is 185 Å².